The van der Waals surface area contributed by atoms with Crippen LogP contribution in [0.3, 0.4) is 0 Å². The van der Waals surface area contributed by atoms with Crippen molar-refractivity contribution in [2.75, 3.05) is 0 Å². The molecular formula is C7H16N2. The van der Waals surface area contributed by atoms with E-state index >= 15 is 0 Å². The molecule has 0 radical (unpaired) electrons. The predicted octanol–water partition coefficient (Wildman–Crippen LogP) is 1.18. The minimum absolute atomic E-state index is 0.0127. The second kappa shape index (κ2) is 2.29. The molecule has 0 rings (SSSR count). The fraction of sp³-hybridized carbons (Fsp3) is 0.714. The third-order valence-corrected chi connectivity index (χ3v) is 1.23. The SMILES string of the molecule is CC(N)=C(N)C(C)(C)C. The van der Waals surface area contributed by atoms with Gasteiger partial charge in [-0.2, -0.15) is 0 Å². The Kier molecular flexibility index (Phi) is 2.13. The molecule has 0 aromatic rings. The van der Waals surface area contributed by atoms with E-state index in [4.69, 9.17) is 11.5 Å². The first-order valence-electron chi connectivity index (χ1n) is 3.08. The minimum Gasteiger partial charge on any atom is -0.401 e. The molecule has 54 valence electrons. The molecule has 2 nitrogen and oxygen atoms in total. The second-order valence-electron chi connectivity index (χ2n) is 3.35. The fourth-order valence-corrected chi connectivity index (χ4v) is 0.592. The van der Waals surface area contributed by atoms with Crippen LogP contribution < -0.4 is 11.5 Å². The smallest absolute Gasteiger partial charge is 0.0323 e. The molecule has 0 aliphatic rings. The van der Waals surface area contributed by atoms with Gasteiger partial charge < -0.3 is 11.5 Å². The lowest BCUT2D eigenvalue weighted by Gasteiger charge is -2.19. The molecule has 0 aliphatic carbocycles. The first kappa shape index (κ1) is 8.34. The van der Waals surface area contributed by atoms with Crippen molar-refractivity contribution in [3.8, 4) is 0 Å². The van der Waals surface area contributed by atoms with E-state index in [9.17, 15) is 0 Å². The molecule has 0 spiro atoms. The van der Waals surface area contributed by atoms with Crippen LogP contribution in [0.15, 0.2) is 11.4 Å². The van der Waals surface area contributed by atoms with Gasteiger partial charge in [0.2, 0.25) is 0 Å². The quantitative estimate of drug-likeness (QED) is 0.514. The molecule has 9 heavy (non-hydrogen) atoms. The van der Waals surface area contributed by atoms with Gasteiger partial charge in [-0.3, -0.25) is 0 Å². The lowest BCUT2D eigenvalue weighted by molar-refractivity contribution is 0.491. The average molecular weight is 128 g/mol. The topological polar surface area (TPSA) is 52.0 Å². The first-order chi connectivity index (χ1) is 3.85. The number of allylic oxidation sites excluding steroid dienone is 2. The molecule has 0 heterocycles. The van der Waals surface area contributed by atoms with Crippen molar-refractivity contribution in [1.29, 1.82) is 0 Å². The minimum atomic E-state index is 0.0127. The summed E-state index contributed by atoms with van der Waals surface area (Å²) in [7, 11) is 0. The van der Waals surface area contributed by atoms with Crippen LogP contribution in [0.25, 0.3) is 0 Å². The largest absolute Gasteiger partial charge is 0.401 e. The zero-order valence-electron chi connectivity index (χ0n) is 6.65. The summed E-state index contributed by atoms with van der Waals surface area (Å²) in [5.74, 6) is 0. The number of hydrogen-bond donors (Lipinski definition) is 2. The van der Waals surface area contributed by atoms with Crippen LogP contribution in [-0.2, 0) is 0 Å². The predicted molar refractivity (Wildman–Crippen MR) is 40.5 cm³/mol. The van der Waals surface area contributed by atoms with Crippen molar-refractivity contribution in [1.82, 2.24) is 0 Å². The van der Waals surface area contributed by atoms with Gasteiger partial charge >= 0.3 is 0 Å². The monoisotopic (exact) mass is 128 g/mol. The maximum absolute atomic E-state index is 5.65. The van der Waals surface area contributed by atoms with Gasteiger partial charge in [0.15, 0.2) is 0 Å². The van der Waals surface area contributed by atoms with E-state index in [-0.39, 0.29) is 5.41 Å². The van der Waals surface area contributed by atoms with Crippen molar-refractivity contribution < 1.29 is 0 Å². The maximum atomic E-state index is 5.65. The average Bonchev–Trinajstić information content (AvgIpc) is 1.62. The van der Waals surface area contributed by atoms with Gasteiger partial charge in [0.1, 0.15) is 0 Å². The third-order valence-electron chi connectivity index (χ3n) is 1.23. The number of hydrogen-bond acceptors (Lipinski definition) is 2. The summed E-state index contributed by atoms with van der Waals surface area (Å²) < 4.78 is 0. The van der Waals surface area contributed by atoms with Crippen molar-refractivity contribution in [2.24, 2.45) is 16.9 Å². The molecule has 4 N–H and O–H groups in total. The fourth-order valence-electron chi connectivity index (χ4n) is 0.592. The summed E-state index contributed by atoms with van der Waals surface area (Å²) in [5.41, 5.74) is 12.6. The van der Waals surface area contributed by atoms with E-state index in [1.807, 2.05) is 27.7 Å². The van der Waals surface area contributed by atoms with E-state index in [0.717, 1.165) is 11.4 Å². The van der Waals surface area contributed by atoms with Crippen LogP contribution >= 0.6 is 0 Å². The molecular weight excluding hydrogens is 112 g/mol. The molecule has 0 saturated carbocycles. The Morgan fingerprint density at radius 3 is 1.44 bits per heavy atom. The molecule has 0 bridgehead atoms. The lowest BCUT2D eigenvalue weighted by atomic mass is 9.91. The van der Waals surface area contributed by atoms with Crippen molar-refractivity contribution in [3.63, 3.8) is 0 Å². The van der Waals surface area contributed by atoms with Crippen LogP contribution in [-0.4, -0.2) is 0 Å². The van der Waals surface area contributed by atoms with Crippen LogP contribution in [0, 0.1) is 5.41 Å². The third kappa shape index (κ3) is 2.40. The van der Waals surface area contributed by atoms with Gasteiger partial charge in [-0.15, -0.1) is 0 Å². The van der Waals surface area contributed by atoms with Crippen LogP contribution in [0.1, 0.15) is 27.7 Å². The Morgan fingerprint density at radius 1 is 1.11 bits per heavy atom. The summed E-state index contributed by atoms with van der Waals surface area (Å²) >= 11 is 0. The molecule has 0 saturated heterocycles. The van der Waals surface area contributed by atoms with Gasteiger partial charge in [0, 0.05) is 16.8 Å². The molecule has 0 aliphatic heterocycles. The Balaban J connectivity index is 4.40. The molecule has 0 aromatic carbocycles. The Morgan fingerprint density at radius 2 is 1.44 bits per heavy atom. The van der Waals surface area contributed by atoms with E-state index < -0.39 is 0 Å². The van der Waals surface area contributed by atoms with E-state index in [0.29, 0.717) is 0 Å². The van der Waals surface area contributed by atoms with E-state index in [1.165, 1.54) is 0 Å². The summed E-state index contributed by atoms with van der Waals surface area (Å²) in [5, 5.41) is 0. The molecule has 0 atom stereocenters. The highest BCUT2D eigenvalue weighted by Gasteiger charge is 2.14. The molecule has 0 fully saturated rings. The van der Waals surface area contributed by atoms with Crippen LogP contribution in [0.2, 0.25) is 0 Å². The maximum Gasteiger partial charge on any atom is 0.0323 e. The van der Waals surface area contributed by atoms with Crippen LogP contribution in [0.4, 0.5) is 0 Å². The highest BCUT2D eigenvalue weighted by molar-refractivity contribution is 5.11. The van der Waals surface area contributed by atoms with Gasteiger partial charge in [0.25, 0.3) is 0 Å². The summed E-state index contributed by atoms with van der Waals surface area (Å²) in [6, 6.07) is 0. The first-order valence-corrected chi connectivity index (χ1v) is 3.08. The van der Waals surface area contributed by atoms with Crippen molar-refractivity contribution >= 4 is 0 Å². The lowest BCUT2D eigenvalue weighted by Crippen LogP contribution is -2.21. The highest BCUT2D eigenvalue weighted by atomic mass is 14.7. The normalized spacial score (nSPS) is 15.1. The van der Waals surface area contributed by atoms with E-state index in [2.05, 4.69) is 0 Å². The van der Waals surface area contributed by atoms with Gasteiger partial charge in [-0.1, -0.05) is 20.8 Å². The van der Waals surface area contributed by atoms with Gasteiger partial charge in [0.05, 0.1) is 0 Å². The second-order valence-corrected chi connectivity index (χ2v) is 3.35. The Labute approximate surface area is 56.9 Å². The van der Waals surface area contributed by atoms with Crippen LogP contribution in [0.5, 0.6) is 0 Å². The zero-order valence-corrected chi connectivity index (χ0v) is 6.65. The van der Waals surface area contributed by atoms with Gasteiger partial charge in [-0.05, 0) is 6.92 Å². The van der Waals surface area contributed by atoms with Gasteiger partial charge in [-0.25, -0.2) is 0 Å². The molecule has 2 heteroatoms. The van der Waals surface area contributed by atoms with Crippen molar-refractivity contribution in [2.45, 2.75) is 27.7 Å². The number of rotatable bonds is 0. The Hall–Kier alpha value is -0.660. The summed E-state index contributed by atoms with van der Waals surface area (Å²) in [6.45, 7) is 7.94. The summed E-state index contributed by atoms with van der Waals surface area (Å²) in [6.07, 6.45) is 0. The molecule has 0 amide bonds. The molecule has 0 unspecified atom stereocenters. The Bertz CT molecular complexity index is 124. The zero-order chi connectivity index (χ0) is 7.65. The molecule has 0 aromatic heterocycles. The highest BCUT2D eigenvalue weighted by Crippen LogP contribution is 2.21. The number of nitrogens with two attached hydrogens (primary N) is 2. The van der Waals surface area contributed by atoms with Crippen molar-refractivity contribution in [3.05, 3.63) is 11.4 Å². The standard InChI is InChI=1S/C7H16N2/c1-5(8)6(9)7(2,3)4/h8-9H2,1-4H3. The summed E-state index contributed by atoms with van der Waals surface area (Å²) in [4.78, 5) is 0. The van der Waals surface area contributed by atoms with E-state index in [1.54, 1.807) is 0 Å².